The number of rotatable bonds is 2. The molecule has 2 rings (SSSR count). The fraction of sp³-hybridized carbons (Fsp3) is 0.154. The number of nitrogens with two attached hydrogens (primary N) is 1. The Kier molecular flexibility index (Phi) is 3.23. The van der Waals surface area contributed by atoms with Crippen molar-refractivity contribution < 1.29 is 4.79 Å². The summed E-state index contributed by atoms with van der Waals surface area (Å²) >= 11 is 0. The van der Waals surface area contributed by atoms with Crippen LogP contribution in [-0.4, -0.2) is 22.9 Å². The molecule has 2 aromatic rings. The first-order valence-corrected chi connectivity index (χ1v) is 5.54. The van der Waals surface area contributed by atoms with E-state index in [0.717, 1.165) is 11.1 Å². The molecule has 0 unspecified atom stereocenters. The predicted molar refractivity (Wildman–Crippen MR) is 70.0 cm³/mol. The van der Waals surface area contributed by atoms with E-state index in [0.29, 0.717) is 5.82 Å². The summed E-state index contributed by atoms with van der Waals surface area (Å²) in [6.07, 6.45) is 1.45. The van der Waals surface area contributed by atoms with Gasteiger partial charge in [0.1, 0.15) is 5.82 Å². The first kappa shape index (κ1) is 12.0. The van der Waals surface area contributed by atoms with E-state index in [1.54, 1.807) is 0 Å². The molecular formula is C13H14N4O. The maximum Gasteiger partial charge on any atom is 0.256 e. The first-order valence-electron chi connectivity index (χ1n) is 5.54. The topological polar surface area (TPSA) is 80.9 Å². The predicted octanol–water partition coefficient (Wildman–Crippen LogP) is 1.39. The molecule has 0 atom stereocenters. The molecule has 0 bridgehead atoms. The van der Waals surface area contributed by atoms with Crippen LogP contribution in [0.15, 0.2) is 30.5 Å². The zero-order valence-electron chi connectivity index (χ0n) is 10.3. The lowest BCUT2D eigenvalue weighted by atomic mass is 10.1. The molecule has 0 fully saturated rings. The van der Waals surface area contributed by atoms with Gasteiger partial charge in [-0.05, 0) is 12.5 Å². The van der Waals surface area contributed by atoms with E-state index in [9.17, 15) is 4.79 Å². The molecular weight excluding hydrogens is 228 g/mol. The number of anilines is 1. The summed E-state index contributed by atoms with van der Waals surface area (Å²) in [5, 5.41) is 2.49. The standard InChI is InChI=1S/C13H14N4O/c1-8-5-3-4-6-9(8)12-16-7-10(11(14)17-12)13(18)15-2/h3-7H,1-2H3,(H,15,18)(H2,14,16,17). The fourth-order valence-corrected chi connectivity index (χ4v) is 1.66. The van der Waals surface area contributed by atoms with Gasteiger partial charge in [-0.2, -0.15) is 0 Å². The van der Waals surface area contributed by atoms with Crippen LogP contribution in [0.4, 0.5) is 5.82 Å². The zero-order chi connectivity index (χ0) is 13.1. The van der Waals surface area contributed by atoms with Crippen LogP contribution in [0.2, 0.25) is 0 Å². The number of aryl methyl sites for hydroxylation is 1. The number of aromatic nitrogens is 2. The smallest absolute Gasteiger partial charge is 0.256 e. The lowest BCUT2D eigenvalue weighted by molar-refractivity contribution is 0.0963. The van der Waals surface area contributed by atoms with Crippen LogP contribution in [-0.2, 0) is 0 Å². The Morgan fingerprint density at radius 1 is 1.33 bits per heavy atom. The third kappa shape index (κ3) is 2.15. The van der Waals surface area contributed by atoms with E-state index in [4.69, 9.17) is 5.73 Å². The molecule has 0 saturated carbocycles. The van der Waals surface area contributed by atoms with Gasteiger partial charge >= 0.3 is 0 Å². The molecule has 0 radical (unpaired) electrons. The lowest BCUT2D eigenvalue weighted by Crippen LogP contribution is -2.20. The van der Waals surface area contributed by atoms with Gasteiger partial charge < -0.3 is 11.1 Å². The van der Waals surface area contributed by atoms with Crippen molar-refractivity contribution in [1.82, 2.24) is 15.3 Å². The van der Waals surface area contributed by atoms with Crippen molar-refractivity contribution in [2.45, 2.75) is 6.92 Å². The van der Waals surface area contributed by atoms with Crippen molar-refractivity contribution in [1.29, 1.82) is 0 Å². The summed E-state index contributed by atoms with van der Waals surface area (Å²) in [7, 11) is 1.54. The van der Waals surface area contributed by atoms with Crippen molar-refractivity contribution in [3.8, 4) is 11.4 Å². The van der Waals surface area contributed by atoms with Gasteiger partial charge in [0, 0.05) is 18.8 Å². The maximum atomic E-state index is 11.5. The quantitative estimate of drug-likeness (QED) is 0.834. The summed E-state index contributed by atoms with van der Waals surface area (Å²) in [4.78, 5) is 19.8. The van der Waals surface area contributed by atoms with Gasteiger partial charge in [0.05, 0.1) is 5.56 Å². The molecule has 1 amide bonds. The maximum absolute atomic E-state index is 11.5. The minimum Gasteiger partial charge on any atom is -0.383 e. The second kappa shape index (κ2) is 4.83. The minimum absolute atomic E-state index is 0.183. The largest absolute Gasteiger partial charge is 0.383 e. The Morgan fingerprint density at radius 3 is 2.67 bits per heavy atom. The van der Waals surface area contributed by atoms with Crippen molar-refractivity contribution in [3.63, 3.8) is 0 Å². The third-order valence-electron chi connectivity index (χ3n) is 2.68. The van der Waals surface area contributed by atoms with Crippen molar-refractivity contribution >= 4 is 11.7 Å². The zero-order valence-corrected chi connectivity index (χ0v) is 10.3. The van der Waals surface area contributed by atoms with Gasteiger partial charge in [0.25, 0.3) is 5.91 Å². The molecule has 1 aromatic heterocycles. The molecule has 0 aliphatic rings. The van der Waals surface area contributed by atoms with Crippen LogP contribution in [0.25, 0.3) is 11.4 Å². The number of carbonyl (C=O) groups is 1. The Labute approximate surface area is 105 Å². The number of carbonyl (C=O) groups excluding carboxylic acids is 1. The summed E-state index contributed by atoms with van der Waals surface area (Å²) < 4.78 is 0. The molecule has 18 heavy (non-hydrogen) atoms. The molecule has 1 aromatic carbocycles. The highest BCUT2D eigenvalue weighted by Crippen LogP contribution is 2.20. The fourth-order valence-electron chi connectivity index (χ4n) is 1.66. The molecule has 0 aliphatic heterocycles. The van der Waals surface area contributed by atoms with Crippen LogP contribution in [0.5, 0.6) is 0 Å². The van der Waals surface area contributed by atoms with E-state index in [1.807, 2.05) is 31.2 Å². The van der Waals surface area contributed by atoms with Gasteiger partial charge in [-0.3, -0.25) is 4.79 Å². The van der Waals surface area contributed by atoms with Crippen LogP contribution in [0, 0.1) is 6.92 Å². The summed E-state index contributed by atoms with van der Waals surface area (Å²) in [6, 6.07) is 7.75. The lowest BCUT2D eigenvalue weighted by Gasteiger charge is -2.07. The Morgan fingerprint density at radius 2 is 2.06 bits per heavy atom. The number of amides is 1. The van der Waals surface area contributed by atoms with Crippen molar-refractivity contribution in [2.75, 3.05) is 12.8 Å². The van der Waals surface area contributed by atoms with Gasteiger partial charge in [-0.15, -0.1) is 0 Å². The van der Waals surface area contributed by atoms with Crippen LogP contribution < -0.4 is 11.1 Å². The number of nitrogen functional groups attached to an aromatic ring is 1. The minimum atomic E-state index is -0.288. The Bertz CT molecular complexity index is 595. The summed E-state index contributed by atoms with van der Waals surface area (Å²) in [6.45, 7) is 1.97. The first-order chi connectivity index (χ1) is 8.63. The normalized spacial score (nSPS) is 10.1. The summed E-state index contributed by atoms with van der Waals surface area (Å²) in [5.74, 6) is 0.421. The van der Waals surface area contributed by atoms with Crippen LogP contribution >= 0.6 is 0 Å². The average Bonchev–Trinajstić information content (AvgIpc) is 2.38. The van der Waals surface area contributed by atoms with Crippen molar-refractivity contribution in [3.05, 3.63) is 41.6 Å². The molecule has 0 aliphatic carbocycles. The second-order valence-corrected chi connectivity index (χ2v) is 3.89. The average molecular weight is 242 g/mol. The monoisotopic (exact) mass is 242 g/mol. The van der Waals surface area contributed by atoms with E-state index < -0.39 is 0 Å². The number of nitrogens with zero attached hydrogens (tertiary/aromatic N) is 2. The van der Waals surface area contributed by atoms with Crippen LogP contribution in [0.1, 0.15) is 15.9 Å². The molecule has 1 heterocycles. The van der Waals surface area contributed by atoms with E-state index in [2.05, 4.69) is 15.3 Å². The molecule has 5 nitrogen and oxygen atoms in total. The van der Waals surface area contributed by atoms with Crippen molar-refractivity contribution in [2.24, 2.45) is 0 Å². The third-order valence-corrected chi connectivity index (χ3v) is 2.68. The summed E-state index contributed by atoms with van der Waals surface area (Å²) in [5.41, 5.74) is 8.03. The molecule has 0 spiro atoms. The van der Waals surface area contributed by atoms with E-state index in [1.165, 1.54) is 13.2 Å². The molecule has 5 heteroatoms. The number of hydrogen-bond acceptors (Lipinski definition) is 4. The molecule has 0 saturated heterocycles. The molecule has 92 valence electrons. The number of hydrogen-bond donors (Lipinski definition) is 2. The molecule has 3 N–H and O–H groups in total. The van der Waals surface area contributed by atoms with Crippen LogP contribution in [0.3, 0.4) is 0 Å². The van der Waals surface area contributed by atoms with Gasteiger partial charge in [0.2, 0.25) is 0 Å². The number of nitrogens with one attached hydrogen (secondary N) is 1. The number of benzene rings is 1. The van der Waals surface area contributed by atoms with Gasteiger partial charge in [0.15, 0.2) is 5.82 Å². The highest BCUT2D eigenvalue weighted by molar-refractivity contribution is 5.98. The highest BCUT2D eigenvalue weighted by Gasteiger charge is 2.12. The Balaban J connectivity index is 2.47. The second-order valence-electron chi connectivity index (χ2n) is 3.89. The van der Waals surface area contributed by atoms with Gasteiger partial charge in [-0.25, -0.2) is 9.97 Å². The SMILES string of the molecule is CNC(=O)c1cnc(-c2ccccc2C)nc1N. The van der Waals surface area contributed by atoms with E-state index >= 15 is 0 Å². The Hall–Kier alpha value is -2.43. The highest BCUT2D eigenvalue weighted by atomic mass is 16.1. The van der Waals surface area contributed by atoms with E-state index in [-0.39, 0.29) is 17.3 Å². The van der Waals surface area contributed by atoms with Gasteiger partial charge in [-0.1, -0.05) is 24.3 Å².